The summed E-state index contributed by atoms with van der Waals surface area (Å²) in [5, 5.41) is 0. The smallest absolute Gasteiger partial charge is 0.358 e. The zero-order chi connectivity index (χ0) is 0. The average Bonchev–Trinajstić information content (AvgIpc) is 0. The van der Waals surface area contributed by atoms with Crippen molar-refractivity contribution in [2.75, 3.05) is 0 Å². The molecule has 0 unspecified atom stereocenters. The van der Waals surface area contributed by atoms with Gasteiger partial charge in [-0.05, 0) is 0 Å². The standard InChI is InChI=1S/9CH3.7U/h9*1H3;;;;;;;/q9*-1;;;;4*+2. The fraction of sp³-hybridized carbons (Fsp3) is 0. The third-order valence-corrected chi connectivity index (χ3v) is 0. The van der Waals surface area contributed by atoms with Crippen LogP contribution >= 0.6 is 0 Å². The summed E-state index contributed by atoms with van der Waals surface area (Å²) in [4.78, 5) is 0. The summed E-state index contributed by atoms with van der Waals surface area (Å²) >= 11 is 0. The zero-order valence-corrected chi connectivity index (χ0v) is 41.6. The maximum Gasteiger partial charge on any atom is 2.00 e. The number of hydrogen-bond acceptors (Lipinski definition) is 0. The Kier molecular flexibility index (Phi) is 2540. The molecule has 0 saturated carbocycles. The summed E-state index contributed by atoms with van der Waals surface area (Å²) < 4.78 is 0. The van der Waals surface area contributed by atoms with E-state index < -0.39 is 0 Å². The average molecular weight is 1800 g/mol. The fourth-order valence-corrected chi connectivity index (χ4v) is 0. The van der Waals surface area contributed by atoms with Crippen molar-refractivity contribution in [3.05, 3.63) is 66.8 Å². The Morgan fingerprint density at radius 2 is 0.188 bits per heavy atom. The van der Waals surface area contributed by atoms with Gasteiger partial charge in [0, 0.05) is 93.3 Å². The molecule has 92 valence electrons. The van der Waals surface area contributed by atoms with Crippen molar-refractivity contribution in [2.45, 2.75) is 0 Å². The molecule has 0 aromatic heterocycles. The van der Waals surface area contributed by atoms with E-state index in [-0.39, 0.29) is 285 Å². The Hall–Kier alpha value is 7.36. The molecule has 0 aliphatic rings. The molecule has 0 bridgehead atoms. The molecule has 0 spiro atoms. The van der Waals surface area contributed by atoms with Crippen LogP contribution in [0.3, 0.4) is 0 Å². The van der Waals surface area contributed by atoms with Crippen LogP contribution in [0, 0.1) is 285 Å². The monoisotopic (exact) mass is 1800 g/mol. The first kappa shape index (κ1) is 215. The molecule has 0 aliphatic heterocycles. The molecule has 0 nitrogen and oxygen atoms in total. The summed E-state index contributed by atoms with van der Waals surface area (Å²) in [6.07, 6.45) is 0. The molecule has 0 aromatic carbocycles. The minimum Gasteiger partial charge on any atom is -0.358 e. The molecule has 0 radical (unpaired) electrons. The molecule has 0 aliphatic carbocycles. The number of rotatable bonds is 0. The van der Waals surface area contributed by atoms with E-state index in [9.17, 15) is 0 Å². The van der Waals surface area contributed by atoms with Crippen molar-refractivity contribution < 1.29 is 218 Å². The van der Waals surface area contributed by atoms with Crippen LogP contribution in [0.25, 0.3) is 0 Å². The zero-order valence-electron chi connectivity index (χ0n) is 12.5. The summed E-state index contributed by atoms with van der Waals surface area (Å²) in [5.74, 6) is 0. The van der Waals surface area contributed by atoms with E-state index in [0.717, 1.165) is 0 Å². The van der Waals surface area contributed by atoms with Gasteiger partial charge in [0.15, 0.2) is 0 Å². The van der Waals surface area contributed by atoms with Crippen LogP contribution in [-0.4, -0.2) is 0 Å². The quantitative estimate of drug-likeness (QED) is 0.322. The van der Waals surface area contributed by atoms with Gasteiger partial charge < -0.3 is 66.8 Å². The summed E-state index contributed by atoms with van der Waals surface area (Å²) in [7, 11) is 0. The number of hydrogen-bond donors (Lipinski definition) is 0. The van der Waals surface area contributed by atoms with E-state index in [0.29, 0.717) is 0 Å². The first-order chi connectivity index (χ1) is 0. The molecule has 7 heteroatoms. The van der Waals surface area contributed by atoms with Crippen molar-refractivity contribution >= 4 is 0 Å². The molecule has 0 saturated heterocycles. The van der Waals surface area contributed by atoms with Gasteiger partial charge >= 0.3 is 124 Å². The van der Waals surface area contributed by atoms with Crippen LogP contribution in [0.5, 0.6) is 0 Å². The summed E-state index contributed by atoms with van der Waals surface area (Å²) in [6.45, 7) is 0. The predicted octanol–water partition coefficient (Wildman–Crippen LogP) is 4.05. The fourth-order valence-electron chi connectivity index (χ4n) is 0. The van der Waals surface area contributed by atoms with Gasteiger partial charge in [-0.2, -0.15) is 0 Å². The van der Waals surface area contributed by atoms with Gasteiger partial charge in [0.05, 0.1) is 0 Å². The molecule has 0 atom stereocenters. The van der Waals surface area contributed by atoms with E-state index >= 15 is 0 Å². The molecular formula is C9H27U7-. The van der Waals surface area contributed by atoms with Crippen LogP contribution in [0.15, 0.2) is 0 Å². The first-order valence-electron chi connectivity index (χ1n) is 0. The minimum absolute atomic E-state index is 0. The van der Waals surface area contributed by atoms with E-state index in [2.05, 4.69) is 0 Å². The van der Waals surface area contributed by atoms with Gasteiger partial charge in [0.1, 0.15) is 0 Å². The molecule has 0 heterocycles. The first-order valence-corrected chi connectivity index (χ1v) is 0. The minimum atomic E-state index is 0. The van der Waals surface area contributed by atoms with Crippen LogP contribution < -0.4 is 0 Å². The molecule has 0 rings (SSSR count). The molecule has 0 N–H and O–H groups in total. The van der Waals surface area contributed by atoms with Crippen LogP contribution in [-0.2, 0) is 0 Å². The maximum atomic E-state index is 0. The second-order valence-corrected chi connectivity index (χ2v) is 0. The van der Waals surface area contributed by atoms with E-state index in [4.69, 9.17) is 0 Å². The van der Waals surface area contributed by atoms with E-state index in [1.807, 2.05) is 0 Å². The van der Waals surface area contributed by atoms with Gasteiger partial charge in [-0.3, -0.25) is 0 Å². The Bertz CT molecular complexity index is 15.8. The van der Waals surface area contributed by atoms with Gasteiger partial charge in [0.2, 0.25) is 0 Å². The topological polar surface area (TPSA) is 0 Å². The Morgan fingerprint density at radius 3 is 0.188 bits per heavy atom. The Labute approximate surface area is 277 Å². The van der Waals surface area contributed by atoms with Crippen LogP contribution in [0.4, 0.5) is 0 Å². The largest absolute Gasteiger partial charge is 2.00 e. The summed E-state index contributed by atoms with van der Waals surface area (Å²) in [5.41, 5.74) is 0. The van der Waals surface area contributed by atoms with Crippen molar-refractivity contribution in [3.63, 3.8) is 0 Å². The van der Waals surface area contributed by atoms with Crippen molar-refractivity contribution in [2.24, 2.45) is 0 Å². The van der Waals surface area contributed by atoms with E-state index in [1.165, 1.54) is 0 Å². The predicted molar refractivity (Wildman–Crippen MR) is 57.7 cm³/mol. The van der Waals surface area contributed by atoms with Crippen LogP contribution in [0.1, 0.15) is 0 Å². The van der Waals surface area contributed by atoms with Gasteiger partial charge in [-0.25, -0.2) is 0 Å². The molecule has 0 amide bonds. The SMILES string of the molecule is [CH3-].[CH3-].[CH3-].[CH3-].[CH3-].[CH3-].[CH3-].[CH3-].[CH3-].[U+2].[U+2].[U+2].[U+2].[U].[U].[U]. The third-order valence-electron chi connectivity index (χ3n) is 0. The summed E-state index contributed by atoms with van der Waals surface area (Å²) in [6, 6.07) is 0. The molecule has 16 heavy (non-hydrogen) atoms. The van der Waals surface area contributed by atoms with Gasteiger partial charge in [0.25, 0.3) is 0 Å². The van der Waals surface area contributed by atoms with E-state index in [1.54, 1.807) is 0 Å². The Balaban J connectivity index is 0. The van der Waals surface area contributed by atoms with Gasteiger partial charge in [-0.15, -0.1) is 0 Å². The maximum absolute atomic E-state index is 0. The van der Waals surface area contributed by atoms with Gasteiger partial charge in [-0.1, -0.05) is 0 Å². The molecule has 0 aromatic rings. The third kappa shape index (κ3) is 163. The molecule has 0 fully saturated rings. The normalized spacial score (nSPS) is 0. The van der Waals surface area contributed by atoms with Crippen molar-refractivity contribution in [1.82, 2.24) is 0 Å². The molecular weight excluding hydrogens is 1770 g/mol. The second-order valence-electron chi connectivity index (χ2n) is 0. The van der Waals surface area contributed by atoms with Crippen LogP contribution in [0.2, 0.25) is 0 Å². The van der Waals surface area contributed by atoms with Crippen molar-refractivity contribution in [1.29, 1.82) is 0 Å². The second kappa shape index (κ2) is 188. The van der Waals surface area contributed by atoms with Crippen molar-refractivity contribution in [3.8, 4) is 0 Å². The Morgan fingerprint density at radius 1 is 0.188 bits per heavy atom.